The van der Waals surface area contributed by atoms with E-state index >= 15 is 0 Å². The molecule has 19 heavy (non-hydrogen) atoms. The molecule has 0 bridgehead atoms. The molecule has 0 aliphatic carbocycles. The maximum absolute atomic E-state index is 11.9. The zero-order chi connectivity index (χ0) is 13.8. The van der Waals surface area contributed by atoms with Crippen molar-refractivity contribution in [3.05, 3.63) is 23.3 Å². The standard InChI is InChI=1S/C14H20N2O3/c1-18-12-7-10-4-6-16(14(17)3-5-15)9-11(10)8-13(12)19-2/h7-8H,3-6,9,15H2,1-2H3. The van der Waals surface area contributed by atoms with Crippen molar-refractivity contribution in [3.63, 3.8) is 0 Å². The smallest absolute Gasteiger partial charge is 0.224 e. The van der Waals surface area contributed by atoms with E-state index in [0.717, 1.165) is 24.3 Å². The van der Waals surface area contributed by atoms with Gasteiger partial charge in [0.2, 0.25) is 5.91 Å². The number of fused-ring (bicyclic) bond motifs is 1. The average molecular weight is 264 g/mol. The van der Waals surface area contributed by atoms with Crippen molar-refractivity contribution in [1.82, 2.24) is 4.90 Å². The summed E-state index contributed by atoms with van der Waals surface area (Å²) in [5.41, 5.74) is 7.77. The van der Waals surface area contributed by atoms with E-state index in [4.69, 9.17) is 15.2 Å². The highest BCUT2D eigenvalue weighted by atomic mass is 16.5. The van der Waals surface area contributed by atoms with Gasteiger partial charge in [0.15, 0.2) is 11.5 Å². The lowest BCUT2D eigenvalue weighted by Crippen LogP contribution is -2.36. The van der Waals surface area contributed by atoms with Gasteiger partial charge in [0.1, 0.15) is 0 Å². The van der Waals surface area contributed by atoms with E-state index in [1.54, 1.807) is 14.2 Å². The largest absolute Gasteiger partial charge is 0.493 e. The Morgan fingerprint density at radius 1 is 1.26 bits per heavy atom. The first-order valence-corrected chi connectivity index (χ1v) is 6.41. The molecular formula is C14H20N2O3. The van der Waals surface area contributed by atoms with Crippen LogP contribution in [0.3, 0.4) is 0 Å². The number of hydrogen-bond acceptors (Lipinski definition) is 4. The quantitative estimate of drug-likeness (QED) is 0.879. The Hall–Kier alpha value is -1.75. The van der Waals surface area contributed by atoms with Gasteiger partial charge in [-0.1, -0.05) is 0 Å². The van der Waals surface area contributed by atoms with E-state index in [0.29, 0.717) is 25.3 Å². The highest BCUT2D eigenvalue weighted by molar-refractivity contribution is 5.76. The average Bonchev–Trinajstić information content (AvgIpc) is 2.45. The molecule has 5 nitrogen and oxygen atoms in total. The topological polar surface area (TPSA) is 64.8 Å². The van der Waals surface area contributed by atoms with Crippen LogP contribution in [0.5, 0.6) is 11.5 Å². The number of carbonyl (C=O) groups is 1. The molecule has 2 rings (SSSR count). The molecule has 1 heterocycles. The van der Waals surface area contributed by atoms with Crippen LogP contribution in [-0.2, 0) is 17.8 Å². The van der Waals surface area contributed by atoms with Crippen LogP contribution in [0.15, 0.2) is 12.1 Å². The van der Waals surface area contributed by atoms with E-state index in [1.165, 1.54) is 5.56 Å². The summed E-state index contributed by atoms with van der Waals surface area (Å²) in [6.07, 6.45) is 1.24. The summed E-state index contributed by atoms with van der Waals surface area (Å²) in [6.45, 7) is 1.75. The highest BCUT2D eigenvalue weighted by Crippen LogP contribution is 2.33. The first-order chi connectivity index (χ1) is 9.19. The molecule has 5 heteroatoms. The zero-order valence-electron chi connectivity index (χ0n) is 11.4. The van der Waals surface area contributed by atoms with Gasteiger partial charge in [0.05, 0.1) is 14.2 Å². The molecular weight excluding hydrogens is 244 g/mol. The van der Waals surface area contributed by atoms with Gasteiger partial charge in [-0.3, -0.25) is 4.79 Å². The van der Waals surface area contributed by atoms with Gasteiger partial charge in [-0.25, -0.2) is 0 Å². The number of carbonyl (C=O) groups excluding carboxylic acids is 1. The number of hydrogen-bond donors (Lipinski definition) is 1. The molecule has 0 aromatic heterocycles. The van der Waals surface area contributed by atoms with Crippen molar-refractivity contribution < 1.29 is 14.3 Å². The van der Waals surface area contributed by atoms with Crippen molar-refractivity contribution >= 4 is 5.91 Å². The van der Waals surface area contributed by atoms with Crippen LogP contribution in [-0.4, -0.2) is 38.1 Å². The molecule has 1 aromatic rings. The maximum Gasteiger partial charge on any atom is 0.224 e. The van der Waals surface area contributed by atoms with Crippen molar-refractivity contribution in [2.24, 2.45) is 5.73 Å². The maximum atomic E-state index is 11.9. The van der Waals surface area contributed by atoms with Crippen molar-refractivity contribution in [2.45, 2.75) is 19.4 Å². The SMILES string of the molecule is COc1cc2c(cc1OC)CN(C(=O)CCN)CC2. The molecule has 1 amide bonds. The third-order valence-corrected chi connectivity index (χ3v) is 3.43. The number of rotatable bonds is 4. The number of ether oxygens (including phenoxy) is 2. The minimum absolute atomic E-state index is 0.114. The van der Waals surface area contributed by atoms with Crippen molar-refractivity contribution in [2.75, 3.05) is 27.3 Å². The van der Waals surface area contributed by atoms with Crippen LogP contribution in [0, 0.1) is 0 Å². The number of nitrogens with zero attached hydrogens (tertiary/aromatic N) is 1. The molecule has 0 spiro atoms. The first-order valence-electron chi connectivity index (χ1n) is 6.41. The number of methoxy groups -OCH3 is 2. The molecule has 1 aliphatic rings. The van der Waals surface area contributed by atoms with Gasteiger partial charge in [0.25, 0.3) is 0 Å². The van der Waals surface area contributed by atoms with Crippen molar-refractivity contribution in [1.29, 1.82) is 0 Å². The number of nitrogens with two attached hydrogens (primary N) is 1. The fraction of sp³-hybridized carbons (Fsp3) is 0.500. The molecule has 0 saturated heterocycles. The lowest BCUT2D eigenvalue weighted by atomic mass is 9.98. The van der Waals surface area contributed by atoms with E-state index in [-0.39, 0.29) is 5.91 Å². The summed E-state index contributed by atoms with van der Waals surface area (Å²) >= 11 is 0. The summed E-state index contributed by atoms with van der Waals surface area (Å²) in [7, 11) is 3.24. The van der Waals surface area contributed by atoms with Gasteiger partial charge in [-0.05, 0) is 29.7 Å². The van der Waals surface area contributed by atoms with Crippen LogP contribution in [0.1, 0.15) is 17.5 Å². The van der Waals surface area contributed by atoms with E-state index in [1.807, 2.05) is 17.0 Å². The molecule has 0 unspecified atom stereocenters. The minimum Gasteiger partial charge on any atom is -0.493 e. The second-order valence-electron chi connectivity index (χ2n) is 4.58. The van der Waals surface area contributed by atoms with Crippen LogP contribution in [0.4, 0.5) is 0 Å². The molecule has 1 aromatic carbocycles. The Morgan fingerprint density at radius 2 is 1.89 bits per heavy atom. The lowest BCUT2D eigenvalue weighted by molar-refractivity contribution is -0.131. The van der Waals surface area contributed by atoms with Gasteiger partial charge in [0, 0.05) is 26.1 Å². The second kappa shape index (κ2) is 5.93. The van der Waals surface area contributed by atoms with E-state index in [9.17, 15) is 4.79 Å². The number of amides is 1. The van der Waals surface area contributed by atoms with Crippen molar-refractivity contribution in [3.8, 4) is 11.5 Å². The molecule has 1 aliphatic heterocycles. The monoisotopic (exact) mass is 264 g/mol. The zero-order valence-corrected chi connectivity index (χ0v) is 11.4. The van der Waals surface area contributed by atoms with Gasteiger partial charge in [-0.2, -0.15) is 0 Å². The highest BCUT2D eigenvalue weighted by Gasteiger charge is 2.22. The summed E-state index contributed by atoms with van der Waals surface area (Å²) in [6, 6.07) is 3.95. The molecule has 2 N–H and O–H groups in total. The summed E-state index contributed by atoms with van der Waals surface area (Å²) in [4.78, 5) is 13.7. The molecule has 0 fully saturated rings. The van der Waals surface area contributed by atoms with Gasteiger partial charge < -0.3 is 20.1 Å². The van der Waals surface area contributed by atoms with Crippen LogP contribution in [0.25, 0.3) is 0 Å². The Balaban J connectivity index is 2.22. The van der Waals surface area contributed by atoms with E-state index in [2.05, 4.69) is 0 Å². The molecule has 0 radical (unpaired) electrons. The molecule has 104 valence electrons. The summed E-state index contributed by atoms with van der Waals surface area (Å²) in [5, 5.41) is 0. The van der Waals surface area contributed by atoms with E-state index < -0.39 is 0 Å². The van der Waals surface area contributed by atoms with Gasteiger partial charge >= 0.3 is 0 Å². The predicted molar refractivity (Wildman–Crippen MR) is 72.3 cm³/mol. The summed E-state index contributed by atoms with van der Waals surface area (Å²) in [5.74, 6) is 1.56. The Kier molecular flexibility index (Phi) is 4.27. The third kappa shape index (κ3) is 2.81. The van der Waals surface area contributed by atoms with Crippen LogP contribution < -0.4 is 15.2 Å². The predicted octanol–water partition coefficient (Wildman–Crippen LogP) is 0.937. The Bertz CT molecular complexity index is 474. The Labute approximate surface area is 113 Å². The summed E-state index contributed by atoms with van der Waals surface area (Å²) < 4.78 is 10.6. The van der Waals surface area contributed by atoms with Crippen LogP contribution >= 0.6 is 0 Å². The fourth-order valence-corrected chi connectivity index (χ4v) is 2.38. The second-order valence-corrected chi connectivity index (χ2v) is 4.58. The molecule has 0 atom stereocenters. The Morgan fingerprint density at radius 3 is 2.47 bits per heavy atom. The minimum atomic E-state index is 0.114. The third-order valence-electron chi connectivity index (χ3n) is 3.43. The normalized spacial score (nSPS) is 13.9. The fourth-order valence-electron chi connectivity index (χ4n) is 2.38. The first kappa shape index (κ1) is 13.7. The lowest BCUT2D eigenvalue weighted by Gasteiger charge is -2.29. The van der Waals surface area contributed by atoms with Gasteiger partial charge in [-0.15, -0.1) is 0 Å². The number of benzene rings is 1. The molecule has 0 saturated carbocycles. The van der Waals surface area contributed by atoms with Crippen LogP contribution in [0.2, 0.25) is 0 Å².